The van der Waals surface area contributed by atoms with Crippen molar-refractivity contribution in [1.82, 2.24) is 9.59 Å². The van der Waals surface area contributed by atoms with E-state index >= 15 is 0 Å². The van der Waals surface area contributed by atoms with Crippen LogP contribution in [0.1, 0.15) is 12.8 Å². The molecule has 1 aromatic rings. The van der Waals surface area contributed by atoms with Crippen LogP contribution in [-0.2, 0) is 4.79 Å². The Hall–Kier alpha value is -0.680. The molecule has 0 radical (unpaired) electrons. The quantitative estimate of drug-likeness (QED) is 0.758. The average molecular weight is 206 g/mol. The topological polar surface area (TPSA) is 54.9 Å². The molecule has 0 fully saturated rings. The van der Waals surface area contributed by atoms with Gasteiger partial charge in [0.05, 0.1) is 6.20 Å². The maximum atomic E-state index is 11.1. The molecule has 0 bridgehead atoms. The van der Waals surface area contributed by atoms with E-state index in [4.69, 9.17) is 11.6 Å². The lowest BCUT2D eigenvalue weighted by atomic mass is 10.3. The van der Waals surface area contributed by atoms with Crippen LogP contribution in [0, 0.1) is 0 Å². The van der Waals surface area contributed by atoms with Gasteiger partial charge in [0, 0.05) is 23.8 Å². The summed E-state index contributed by atoms with van der Waals surface area (Å²) < 4.78 is 3.61. The van der Waals surface area contributed by atoms with Gasteiger partial charge in [-0.1, -0.05) is 4.49 Å². The molecule has 0 atom stereocenters. The number of hydrogen-bond acceptors (Lipinski definition) is 4. The number of nitrogens with one attached hydrogen (secondary N) is 1. The van der Waals surface area contributed by atoms with E-state index in [2.05, 4.69) is 14.9 Å². The van der Waals surface area contributed by atoms with Crippen molar-refractivity contribution < 1.29 is 4.79 Å². The summed E-state index contributed by atoms with van der Waals surface area (Å²) in [7, 11) is 0. The fourth-order valence-electron chi connectivity index (χ4n) is 0.650. The number of anilines is 1. The molecular weight excluding hydrogens is 198 g/mol. The van der Waals surface area contributed by atoms with E-state index in [-0.39, 0.29) is 5.91 Å². The van der Waals surface area contributed by atoms with Gasteiger partial charge in [0.15, 0.2) is 0 Å². The minimum absolute atomic E-state index is 0.0401. The lowest BCUT2D eigenvalue weighted by molar-refractivity contribution is -0.116. The van der Waals surface area contributed by atoms with Gasteiger partial charge in [-0.2, -0.15) is 0 Å². The van der Waals surface area contributed by atoms with Crippen LogP contribution in [0.2, 0.25) is 0 Å². The summed E-state index contributed by atoms with van der Waals surface area (Å²) in [4.78, 5) is 11.1. The summed E-state index contributed by atoms with van der Waals surface area (Å²) >= 11 is 6.58. The lowest BCUT2D eigenvalue weighted by Gasteiger charge is -1.97. The first kappa shape index (κ1) is 9.41. The highest BCUT2D eigenvalue weighted by Gasteiger charge is 2.02. The summed E-state index contributed by atoms with van der Waals surface area (Å²) in [5.74, 6) is 0.468. The Kier molecular flexibility index (Phi) is 3.96. The molecule has 12 heavy (non-hydrogen) atoms. The Morgan fingerprint density at radius 1 is 1.75 bits per heavy atom. The highest BCUT2D eigenvalue weighted by Crippen LogP contribution is 2.09. The molecular formula is C6H8ClN3OS. The molecule has 1 heterocycles. The normalized spacial score (nSPS) is 9.75. The Labute approximate surface area is 79.1 Å². The summed E-state index contributed by atoms with van der Waals surface area (Å²) in [6.45, 7) is 0. The Bertz CT molecular complexity index is 239. The Balaban J connectivity index is 2.27. The van der Waals surface area contributed by atoms with Gasteiger partial charge in [-0.15, -0.1) is 16.7 Å². The molecule has 66 valence electrons. The van der Waals surface area contributed by atoms with Crippen LogP contribution in [-0.4, -0.2) is 21.4 Å². The number of aromatic nitrogens is 2. The smallest absolute Gasteiger partial charge is 0.225 e. The van der Waals surface area contributed by atoms with Crippen molar-refractivity contribution >= 4 is 34.0 Å². The van der Waals surface area contributed by atoms with Crippen molar-refractivity contribution in [2.75, 3.05) is 11.2 Å². The van der Waals surface area contributed by atoms with Gasteiger partial charge in [-0.3, -0.25) is 4.79 Å². The molecule has 1 N–H and O–H groups in total. The molecule has 1 amide bonds. The highest BCUT2D eigenvalue weighted by molar-refractivity contribution is 7.10. The molecule has 0 saturated carbocycles. The van der Waals surface area contributed by atoms with E-state index in [0.29, 0.717) is 23.7 Å². The fourth-order valence-corrected chi connectivity index (χ4v) is 1.22. The first-order chi connectivity index (χ1) is 5.83. The fraction of sp³-hybridized carbons (Fsp3) is 0.500. The predicted molar refractivity (Wildman–Crippen MR) is 48.5 cm³/mol. The second kappa shape index (κ2) is 5.05. The molecule has 0 unspecified atom stereocenters. The molecule has 6 heteroatoms. The molecule has 0 saturated heterocycles. The zero-order chi connectivity index (χ0) is 8.81. The summed E-state index contributed by atoms with van der Waals surface area (Å²) in [6.07, 6.45) is 2.66. The van der Waals surface area contributed by atoms with E-state index in [0.717, 1.165) is 11.5 Å². The van der Waals surface area contributed by atoms with Crippen molar-refractivity contribution in [3.8, 4) is 0 Å². The molecule has 1 aromatic heterocycles. The van der Waals surface area contributed by atoms with E-state index < -0.39 is 0 Å². The standard InChI is InChI=1S/C6H8ClN3OS/c7-3-1-2-5(11)9-6-4-8-10-12-6/h4H,1-3H2,(H,9,11). The first-order valence-corrected chi connectivity index (χ1v) is 4.77. The number of carbonyl (C=O) groups is 1. The molecule has 1 rings (SSSR count). The minimum atomic E-state index is -0.0401. The van der Waals surface area contributed by atoms with Gasteiger partial charge in [0.25, 0.3) is 0 Å². The van der Waals surface area contributed by atoms with E-state index in [1.165, 1.54) is 6.20 Å². The van der Waals surface area contributed by atoms with Crippen LogP contribution >= 0.6 is 23.1 Å². The predicted octanol–water partition coefficient (Wildman–Crippen LogP) is 1.50. The number of alkyl halides is 1. The van der Waals surface area contributed by atoms with Crippen LogP contribution in [0.25, 0.3) is 0 Å². The number of amides is 1. The first-order valence-electron chi connectivity index (χ1n) is 3.46. The molecule has 0 spiro atoms. The number of rotatable bonds is 4. The number of nitrogens with zero attached hydrogens (tertiary/aromatic N) is 2. The minimum Gasteiger partial charge on any atom is -0.315 e. The van der Waals surface area contributed by atoms with Crippen LogP contribution in [0.4, 0.5) is 5.00 Å². The zero-order valence-corrected chi connectivity index (χ0v) is 7.86. The summed E-state index contributed by atoms with van der Waals surface area (Å²) in [6, 6.07) is 0. The molecule has 0 aromatic carbocycles. The summed E-state index contributed by atoms with van der Waals surface area (Å²) in [5.41, 5.74) is 0. The van der Waals surface area contributed by atoms with Gasteiger partial charge in [0.2, 0.25) is 5.91 Å². The van der Waals surface area contributed by atoms with Crippen LogP contribution in [0.3, 0.4) is 0 Å². The molecule has 4 nitrogen and oxygen atoms in total. The Morgan fingerprint density at radius 2 is 2.58 bits per heavy atom. The SMILES string of the molecule is O=C(CCCCl)Nc1cnns1. The third-order valence-electron chi connectivity index (χ3n) is 1.16. The maximum absolute atomic E-state index is 11.1. The van der Waals surface area contributed by atoms with Crippen LogP contribution < -0.4 is 5.32 Å². The van der Waals surface area contributed by atoms with E-state index in [1.807, 2.05) is 0 Å². The largest absolute Gasteiger partial charge is 0.315 e. The van der Waals surface area contributed by atoms with Gasteiger partial charge in [-0.25, -0.2) is 0 Å². The summed E-state index contributed by atoms with van der Waals surface area (Å²) in [5, 5.41) is 6.91. The lowest BCUT2D eigenvalue weighted by Crippen LogP contribution is -2.09. The van der Waals surface area contributed by atoms with Crippen molar-refractivity contribution in [3.05, 3.63) is 6.20 Å². The molecule has 0 aliphatic carbocycles. The van der Waals surface area contributed by atoms with Gasteiger partial charge < -0.3 is 5.32 Å². The van der Waals surface area contributed by atoms with Crippen LogP contribution in [0.15, 0.2) is 6.20 Å². The van der Waals surface area contributed by atoms with Crippen molar-refractivity contribution in [2.24, 2.45) is 0 Å². The average Bonchev–Trinajstić information content (AvgIpc) is 2.53. The number of halogens is 1. The van der Waals surface area contributed by atoms with Crippen LogP contribution in [0.5, 0.6) is 0 Å². The van der Waals surface area contributed by atoms with Gasteiger partial charge in [0.1, 0.15) is 5.00 Å². The maximum Gasteiger partial charge on any atom is 0.225 e. The second-order valence-electron chi connectivity index (χ2n) is 2.12. The third-order valence-corrected chi connectivity index (χ3v) is 2.01. The third kappa shape index (κ3) is 3.15. The monoisotopic (exact) mass is 205 g/mol. The molecule has 0 aliphatic rings. The second-order valence-corrected chi connectivity index (χ2v) is 3.29. The molecule has 0 aliphatic heterocycles. The number of hydrogen-bond donors (Lipinski definition) is 1. The van der Waals surface area contributed by atoms with E-state index in [1.54, 1.807) is 0 Å². The van der Waals surface area contributed by atoms with Crippen molar-refractivity contribution in [2.45, 2.75) is 12.8 Å². The Morgan fingerprint density at radius 3 is 3.17 bits per heavy atom. The highest BCUT2D eigenvalue weighted by atomic mass is 35.5. The van der Waals surface area contributed by atoms with Gasteiger partial charge >= 0.3 is 0 Å². The zero-order valence-electron chi connectivity index (χ0n) is 6.29. The van der Waals surface area contributed by atoms with E-state index in [9.17, 15) is 4.79 Å². The van der Waals surface area contributed by atoms with Gasteiger partial charge in [-0.05, 0) is 6.42 Å². The number of carbonyl (C=O) groups excluding carboxylic acids is 1. The van der Waals surface area contributed by atoms with Crippen molar-refractivity contribution in [3.63, 3.8) is 0 Å². The van der Waals surface area contributed by atoms with Crippen molar-refractivity contribution in [1.29, 1.82) is 0 Å².